The molecule has 1 nitrogen and oxygen atoms in total. The maximum atomic E-state index is 4.33. The van der Waals surface area contributed by atoms with Crippen molar-refractivity contribution in [2.24, 2.45) is 0 Å². The van der Waals surface area contributed by atoms with E-state index in [1.807, 2.05) is 12.3 Å². The molecule has 0 spiro atoms. The normalized spacial score (nSPS) is 10.8. The molecule has 0 aliphatic heterocycles. The highest BCUT2D eigenvalue weighted by Crippen LogP contribution is 2.14. The Hall–Kier alpha value is -0.120. The van der Waals surface area contributed by atoms with Crippen molar-refractivity contribution >= 4 is 22.6 Å². The van der Waals surface area contributed by atoms with Crippen molar-refractivity contribution < 1.29 is 0 Å². The van der Waals surface area contributed by atoms with E-state index in [1.54, 1.807) is 0 Å². The molecule has 0 aromatic carbocycles. The fourth-order valence-electron chi connectivity index (χ4n) is 2.41. The van der Waals surface area contributed by atoms with Gasteiger partial charge in [-0.05, 0) is 47.1 Å². The maximum absolute atomic E-state index is 4.33. The van der Waals surface area contributed by atoms with E-state index < -0.39 is 0 Å². The summed E-state index contributed by atoms with van der Waals surface area (Å²) in [4.78, 5) is 4.33. The second-order valence-corrected chi connectivity index (χ2v) is 6.41. The van der Waals surface area contributed by atoms with Gasteiger partial charge in [-0.15, -0.1) is 0 Å². The molecular weight excluding hydrogens is 345 g/mol. The van der Waals surface area contributed by atoms with Gasteiger partial charge in [-0.3, -0.25) is 4.98 Å². The van der Waals surface area contributed by atoms with Gasteiger partial charge in [0.2, 0.25) is 0 Å². The molecule has 108 valence electrons. The predicted molar refractivity (Wildman–Crippen MR) is 92.5 cm³/mol. The summed E-state index contributed by atoms with van der Waals surface area (Å²) in [6, 6.07) is 4.26. The van der Waals surface area contributed by atoms with E-state index in [2.05, 4.69) is 40.6 Å². The molecule has 0 N–H and O–H groups in total. The largest absolute Gasteiger partial charge is 0.250 e. The van der Waals surface area contributed by atoms with E-state index >= 15 is 0 Å². The molecule has 19 heavy (non-hydrogen) atoms. The Balaban J connectivity index is 1.90. The number of aryl methyl sites for hydroxylation is 1. The molecule has 1 aromatic heterocycles. The lowest BCUT2D eigenvalue weighted by Crippen LogP contribution is -1.92. The van der Waals surface area contributed by atoms with Gasteiger partial charge < -0.3 is 0 Å². The minimum Gasteiger partial charge on any atom is -0.250 e. The van der Waals surface area contributed by atoms with E-state index in [-0.39, 0.29) is 0 Å². The zero-order valence-corrected chi connectivity index (χ0v) is 14.5. The zero-order chi connectivity index (χ0) is 13.8. The van der Waals surface area contributed by atoms with Crippen LogP contribution in [0, 0.1) is 3.70 Å². The van der Waals surface area contributed by atoms with Crippen molar-refractivity contribution in [1.82, 2.24) is 4.98 Å². The average Bonchev–Trinajstić information content (AvgIpc) is 2.43. The first-order valence-electron chi connectivity index (χ1n) is 7.94. The molecular formula is C17H28IN. The second-order valence-electron chi connectivity index (χ2n) is 5.39. The van der Waals surface area contributed by atoms with Crippen LogP contribution in [0.5, 0.6) is 0 Å². The number of hydrogen-bond acceptors (Lipinski definition) is 1. The van der Waals surface area contributed by atoms with Crippen LogP contribution in [-0.4, -0.2) is 4.98 Å². The minimum atomic E-state index is 1.18. The molecule has 0 atom stereocenters. The summed E-state index contributed by atoms with van der Waals surface area (Å²) in [5, 5.41) is 0. The molecule has 0 bridgehead atoms. The summed E-state index contributed by atoms with van der Waals surface area (Å²) in [6.07, 6.45) is 17.1. The molecule has 0 unspecified atom stereocenters. The topological polar surface area (TPSA) is 12.9 Å². The number of halogens is 1. The Bertz CT molecular complexity index is 325. The first-order chi connectivity index (χ1) is 9.34. The lowest BCUT2D eigenvalue weighted by Gasteiger charge is -2.04. The third-order valence-corrected chi connectivity index (χ3v) is 4.61. The Kier molecular flexibility index (Phi) is 10.4. The highest BCUT2D eigenvalue weighted by Gasteiger charge is 1.99. The summed E-state index contributed by atoms with van der Waals surface area (Å²) >= 11 is 2.34. The Labute approximate surface area is 132 Å². The molecule has 0 fully saturated rings. The lowest BCUT2D eigenvalue weighted by molar-refractivity contribution is 0.556. The summed E-state index contributed by atoms with van der Waals surface area (Å²) in [6.45, 7) is 2.28. The highest BCUT2D eigenvalue weighted by atomic mass is 127. The quantitative estimate of drug-likeness (QED) is 0.258. The zero-order valence-electron chi connectivity index (χ0n) is 12.3. The molecule has 1 heterocycles. The number of unbranched alkanes of at least 4 members (excludes halogenated alkanes) is 9. The van der Waals surface area contributed by atoms with Crippen LogP contribution >= 0.6 is 22.6 Å². The van der Waals surface area contributed by atoms with Crippen molar-refractivity contribution in [2.75, 3.05) is 0 Å². The average molecular weight is 373 g/mol. The number of rotatable bonds is 11. The fraction of sp³-hybridized carbons (Fsp3) is 0.706. The van der Waals surface area contributed by atoms with Crippen molar-refractivity contribution in [3.05, 3.63) is 27.6 Å². The van der Waals surface area contributed by atoms with Crippen LogP contribution in [0.1, 0.15) is 76.7 Å². The van der Waals surface area contributed by atoms with E-state index in [0.717, 1.165) is 0 Å². The monoisotopic (exact) mass is 373 g/mol. The summed E-state index contributed by atoms with van der Waals surface area (Å²) in [7, 11) is 0. The maximum Gasteiger partial charge on any atom is 0.104 e. The Morgan fingerprint density at radius 3 is 2.05 bits per heavy atom. The van der Waals surface area contributed by atoms with Crippen LogP contribution in [0.3, 0.4) is 0 Å². The van der Waals surface area contributed by atoms with Gasteiger partial charge in [0.05, 0.1) is 0 Å². The van der Waals surface area contributed by atoms with Gasteiger partial charge in [0.15, 0.2) is 0 Å². The van der Waals surface area contributed by atoms with Crippen LogP contribution in [0.25, 0.3) is 0 Å². The number of hydrogen-bond donors (Lipinski definition) is 0. The van der Waals surface area contributed by atoms with Crippen molar-refractivity contribution in [1.29, 1.82) is 0 Å². The van der Waals surface area contributed by atoms with Gasteiger partial charge in [0, 0.05) is 6.20 Å². The first kappa shape index (κ1) is 16.9. The van der Waals surface area contributed by atoms with E-state index in [9.17, 15) is 0 Å². The summed E-state index contributed by atoms with van der Waals surface area (Å²) in [5.74, 6) is 0. The number of nitrogens with zero attached hydrogens (tertiary/aromatic N) is 1. The van der Waals surface area contributed by atoms with Crippen LogP contribution in [-0.2, 0) is 6.42 Å². The number of pyridine rings is 1. The molecule has 2 heteroatoms. The third-order valence-electron chi connectivity index (χ3n) is 3.64. The van der Waals surface area contributed by atoms with E-state index in [0.29, 0.717) is 0 Å². The van der Waals surface area contributed by atoms with Gasteiger partial charge in [-0.25, -0.2) is 0 Å². The lowest BCUT2D eigenvalue weighted by atomic mass is 10.0. The molecule has 1 aromatic rings. The van der Waals surface area contributed by atoms with E-state index in [1.165, 1.54) is 79.9 Å². The Morgan fingerprint density at radius 2 is 1.47 bits per heavy atom. The molecule has 0 aliphatic rings. The van der Waals surface area contributed by atoms with Gasteiger partial charge in [0.25, 0.3) is 0 Å². The molecule has 0 radical (unpaired) electrons. The molecule has 0 aliphatic carbocycles. The molecule has 0 amide bonds. The van der Waals surface area contributed by atoms with Gasteiger partial charge >= 0.3 is 0 Å². The predicted octanol–water partition coefficient (Wildman–Crippen LogP) is 6.15. The van der Waals surface area contributed by atoms with Crippen LogP contribution in [0.4, 0.5) is 0 Å². The summed E-state index contributed by atoms with van der Waals surface area (Å²) < 4.78 is 1.18. The third kappa shape index (κ3) is 8.61. The second kappa shape index (κ2) is 11.7. The van der Waals surface area contributed by atoms with Gasteiger partial charge in [-0.2, -0.15) is 0 Å². The smallest absolute Gasteiger partial charge is 0.104 e. The molecule has 0 saturated heterocycles. The number of aromatic nitrogens is 1. The van der Waals surface area contributed by atoms with Crippen LogP contribution in [0.2, 0.25) is 0 Å². The first-order valence-corrected chi connectivity index (χ1v) is 9.02. The van der Waals surface area contributed by atoms with Crippen molar-refractivity contribution in [2.45, 2.75) is 77.6 Å². The molecule has 1 rings (SSSR count). The molecule has 0 saturated carbocycles. The van der Waals surface area contributed by atoms with Gasteiger partial charge in [-0.1, -0.05) is 70.8 Å². The highest BCUT2D eigenvalue weighted by molar-refractivity contribution is 14.1. The minimum absolute atomic E-state index is 1.18. The Morgan fingerprint density at radius 1 is 0.895 bits per heavy atom. The van der Waals surface area contributed by atoms with Crippen molar-refractivity contribution in [3.63, 3.8) is 0 Å². The standard InChI is InChI=1S/C17H28IN/c1-2-3-4-5-6-7-8-9-10-11-13-16-14-12-15-19-17(16)18/h12,14-15H,2-11,13H2,1H3. The van der Waals surface area contributed by atoms with Crippen molar-refractivity contribution in [3.8, 4) is 0 Å². The van der Waals surface area contributed by atoms with Crippen LogP contribution < -0.4 is 0 Å². The van der Waals surface area contributed by atoms with Gasteiger partial charge in [0.1, 0.15) is 3.70 Å². The fourth-order valence-corrected chi connectivity index (χ4v) is 3.02. The SMILES string of the molecule is CCCCCCCCCCCCc1cccnc1I. The summed E-state index contributed by atoms with van der Waals surface area (Å²) in [5.41, 5.74) is 1.42. The van der Waals surface area contributed by atoms with E-state index in [4.69, 9.17) is 0 Å². The van der Waals surface area contributed by atoms with Crippen LogP contribution in [0.15, 0.2) is 18.3 Å².